The van der Waals surface area contributed by atoms with Gasteiger partial charge in [-0.25, -0.2) is 4.98 Å². The number of rotatable bonds is 6. The molecule has 8 heteroatoms. The third kappa shape index (κ3) is 3.63. The second kappa shape index (κ2) is 7.85. The lowest BCUT2D eigenvalue weighted by atomic mass is 10.1. The van der Waals surface area contributed by atoms with Crippen LogP contribution in [-0.4, -0.2) is 31.4 Å². The van der Waals surface area contributed by atoms with Gasteiger partial charge in [0.15, 0.2) is 5.16 Å². The molecule has 28 heavy (non-hydrogen) atoms. The summed E-state index contributed by atoms with van der Waals surface area (Å²) in [6.07, 6.45) is 1.28. The van der Waals surface area contributed by atoms with Gasteiger partial charge in [0, 0.05) is 17.8 Å². The van der Waals surface area contributed by atoms with Gasteiger partial charge >= 0.3 is 0 Å². The van der Waals surface area contributed by atoms with E-state index < -0.39 is 0 Å². The first-order chi connectivity index (χ1) is 13.7. The second-order valence-corrected chi connectivity index (χ2v) is 7.18. The van der Waals surface area contributed by atoms with Crippen LogP contribution in [0.15, 0.2) is 58.4 Å². The number of aromatic nitrogens is 4. The molecule has 0 bridgehead atoms. The third-order valence-corrected chi connectivity index (χ3v) is 5.36. The number of nitrogens with one attached hydrogen (secondary N) is 1. The van der Waals surface area contributed by atoms with Crippen LogP contribution in [-0.2, 0) is 11.3 Å². The molecule has 0 unspecified atom stereocenters. The number of carbonyl (C=O) groups is 1. The third-order valence-electron chi connectivity index (χ3n) is 4.39. The molecule has 0 spiro atoms. The van der Waals surface area contributed by atoms with Crippen LogP contribution in [0.3, 0.4) is 0 Å². The summed E-state index contributed by atoms with van der Waals surface area (Å²) >= 11 is 1.43. The first-order valence-corrected chi connectivity index (χ1v) is 9.89. The molecule has 0 aliphatic rings. The van der Waals surface area contributed by atoms with Crippen LogP contribution in [0, 0.1) is 6.92 Å². The summed E-state index contributed by atoms with van der Waals surface area (Å²) in [6, 6.07) is 13.6. The molecule has 1 amide bonds. The molecule has 2 aromatic heterocycles. The van der Waals surface area contributed by atoms with Crippen molar-refractivity contribution in [3.8, 4) is 11.5 Å². The maximum Gasteiger partial charge on any atom is 0.247 e. The summed E-state index contributed by atoms with van der Waals surface area (Å²) in [4.78, 5) is 17.2. The van der Waals surface area contributed by atoms with E-state index >= 15 is 0 Å². The molecule has 0 aliphatic heterocycles. The average Bonchev–Trinajstić information content (AvgIpc) is 3.35. The molecule has 0 aliphatic carbocycles. The number of hydrogen-bond donors (Lipinski definition) is 1. The fourth-order valence-corrected chi connectivity index (χ4v) is 3.85. The number of aryl methyl sites for hydroxylation is 2. The van der Waals surface area contributed by atoms with Gasteiger partial charge in [0.1, 0.15) is 0 Å². The van der Waals surface area contributed by atoms with Crippen molar-refractivity contribution in [1.29, 1.82) is 0 Å². The van der Waals surface area contributed by atoms with Crippen molar-refractivity contribution in [2.24, 2.45) is 0 Å². The minimum Gasteiger partial charge on any atom is -0.423 e. The van der Waals surface area contributed by atoms with E-state index in [1.807, 2.05) is 49.4 Å². The van der Waals surface area contributed by atoms with Crippen LogP contribution in [0.5, 0.6) is 0 Å². The summed E-state index contributed by atoms with van der Waals surface area (Å²) < 4.78 is 7.35. The molecule has 0 saturated heterocycles. The zero-order valence-electron chi connectivity index (χ0n) is 15.5. The molecular formula is C20H19N5O2S. The van der Waals surface area contributed by atoms with E-state index in [1.54, 1.807) is 0 Å². The van der Waals surface area contributed by atoms with Gasteiger partial charge in [-0.15, -0.1) is 10.2 Å². The predicted octanol–water partition coefficient (Wildman–Crippen LogP) is 4.15. The Kier molecular flexibility index (Phi) is 5.12. The van der Waals surface area contributed by atoms with E-state index in [4.69, 9.17) is 4.42 Å². The summed E-state index contributed by atoms with van der Waals surface area (Å²) in [5.41, 5.74) is 4.47. The highest BCUT2D eigenvalue weighted by molar-refractivity contribution is 7.99. The Labute approximate surface area is 166 Å². The number of carbonyl (C=O) groups excluding carboxylic acids is 1. The highest BCUT2D eigenvalue weighted by Crippen LogP contribution is 2.26. The molecule has 7 nitrogen and oxygen atoms in total. The SMILES string of the molecule is CCn1c(SCC(=O)Nc2cc(-c3nnco3)ccc2C)nc2ccccc21. The van der Waals surface area contributed by atoms with E-state index in [2.05, 4.69) is 32.0 Å². The van der Waals surface area contributed by atoms with Crippen LogP contribution in [0.4, 0.5) is 5.69 Å². The summed E-state index contributed by atoms with van der Waals surface area (Å²) in [7, 11) is 0. The number of thioether (sulfide) groups is 1. The fourth-order valence-electron chi connectivity index (χ4n) is 2.97. The zero-order chi connectivity index (χ0) is 19.5. The van der Waals surface area contributed by atoms with Crippen molar-refractivity contribution in [2.45, 2.75) is 25.5 Å². The molecule has 0 saturated carbocycles. The number of benzene rings is 2. The smallest absolute Gasteiger partial charge is 0.247 e. The van der Waals surface area contributed by atoms with E-state index in [-0.39, 0.29) is 11.7 Å². The normalized spacial score (nSPS) is 11.1. The average molecular weight is 393 g/mol. The standard InChI is InChI=1S/C20H19N5O2S/c1-3-25-17-7-5-4-6-15(17)23-20(25)28-11-18(26)22-16-10-14(9-8-13(16)2)19-24-21-12-27-19/h4-10,12H,3,11H2,1-2H3,(H,22,26). The molecule has 0 radical (unpaired) electrons. The highest BCUT2D eigenvalue weighted by atomic mass is 32.2. The minimum atomic E-state index is -0.0921. The lowest BCUT2D eigenvalue weighted by Crippen LogP contribution is -2.15. The Balaban J connectivity index is 1.48. The number of para-hydroxylation sites is 2. The number of fused-ring (bicyclic) bond motifs is 1. The number of nitrogens with zero attached hydrogens (tertiary/aromatic N) is 4. The van der Waals surface area contributed by atoms with Gasteiger partial charge in [0.2, 0.25) is 18.2 Å². The molecule has 0 atom stereocenters. The van der Waals surface area contributed by atoms with Gasteiger partial charge in [0.05, 0.1) is 16.8 Å². The van der Waals surface area contributed by atoms with Gasteiger partial charge in [-0.05, 0) is 43.7 Å². The van der Waals surface area contributed by atoms with Crippen molar-refractivity contribution in [3.05, 3.63) is 54.4 Å². The van der Waals surface area contributed by atoms with Crippen molar-refractivity contribution >= 4 is 34.4 Å². The lowest BCUT2D eigenvalue weighted by molar-refractivity contribution is -0.113. The molecule has 142 valence electrons. The Morgan fingerprint density at radius 1 is 1.25 bits per heavy atom. The Morgan fingerprint density at radius 2 is 2.11 bits per heavy atom. The predicted molar refractivity (Wildman–Crippen MR) is 109 cm³/mol. The van der Waals surface area contributed by atoms with Crippen LogP contribution >= 0.6 is 11.8 Å². The number of anilines is 1. The quantitative estimate of drug-likeness (QED) is 0.495. The maximum absolute atomic E-state index is 12.5. The Hall–Kier alpha value is -3.13. The van der Waals surface area contributed by atoms with Gasteiger partial charge < -0.3 is 14.3 Å². The summed E-state index contributed by atoms with van der Waals surface area (Å²) in [5, 5.41) is 11.4. The van der Waals surface area contributed by atoms with Crippen LogP contribution in [0.25, 0.3) is 22.5 Å². The lowest BCUT2D eigenvalue weighted by Gasteiger charge is -2.10. The van der Waals surface area contributed by atoms with E-state index in [0.717, 1.165) is 39.5 Å². The summed E-state index contributed by atoms with van der Waals surface area (Å²) in [5.74, 6) is 0.597. The molecule has 1 N–H and O–H groups in total. The molecule has 0 fully saturated rings. The number of hydrogen-bond acceptors (Lipinski definition) is 6. The van der Waals surface area contributed by atoms with Gasteiger partial charge in [-0.2, -0.15) is 0 Å². The highest BCUT2D eigenvalue weighted by Gasteiger charge is 2.13. The summed E-state index contributed by atoms with van der Waals surface area (Å²) in [6.45, 7) is 4.82. The maximum atomic E-state index is 12.5. The van der Waals surface area contributed by atoms with Crippen molar-refractivity contribution in [1.82, 2.24) is 19.7 Å². The minimum absolute atomic E-state index is 0.0921. The molecular weight excluding hydrogens is 374 g/mol. The van der Waals surface area contributed by atoms with Crippen LogP contribution in [0.1, 0.15) is 12.5 Å². The van der Waals surface area contributed by atoms with Crippen LogP contribution < -0.4 is 5.32 Å². The molecule has 2 aromatic carbocycles. The fraction of sp³-hybridized carbons (Fsp3) is 0.200. The van der Waals surface area contributed by atoms with E-state index in [1.165, 1.54) is 18.2 Å². The van der Waals surface area contributed by atoms with Gasteiger partial charge in [-0.3, -0.25) is 4.79 Å². The first kappa shape index (κ1) is 18.2. The molecule has 4 aromatic rings. The number of amides is 1. The van der Waals surface area contributed by atoms with Gasteiger partial charge in [0.25, 0.3) is 0 Å². The van der Waals surface area contributed by atoms with Crippen LogP contribution in [0.2, 0.25) is 0 Å². The zero-order valence-corrected chi connectivity index (χ0v) is 16.4. The first-order valence-electron chi connectivity index (χ1n) is 8.91. The largest absolute Gasteiger partial charge is 0.423 e. The monoisotopic (exact) mass is 393 g/mol. The number of imidazole rings is 1. The Bertz CT molecular complexity index is 1120. The van der Waals surface area contributed by atoms with E-state index in [9.17, 15) is 4.79 Å². The Morgan fingerprint density at radius 3 is 2.89 bits per heavy atom. The van der Waals surface area contributed by atoms with E-state index in [0.29, 0.717) is 5.89 Å². The topological polar surface area (TPSA) is 85.8 Å². The van der Waals surface area contributed by atoms with Crippen molar-refractivity contribution < 1.29 is 9.21 Å². The second-order valence-electron chi connectivity index (χ2n) is 6.24. The molecule has 4 rings (SSSR count). The van der Waals surface area contributed by atoms with Crippen molar-refractivity contribution in [2.75, 3.05) is 11.1 Å². The van der Waals surface area contributed by atoms with Gasteiger partial charge in [-0.1, -0.05) is 30.0 Å². The van der Waals surface area contributed by atoms with Crippen molar-refractivity contribution in [3.63, 3.8) is 0 Å². The molecule has 2 heterocycles.